The van der Waals surface area contributed by atoms with Crippen molar-refractivity contribution in [2.24, 2.45) is 0 Å². The molecule has 0 atom stereocenters. The smallest absolute Gasteiger partial charge is 0.341 e. The highest BCUT2D eigenvalue weighted by atomic mass is 16.5. The first-order valence-electron chi connectivity index (χ1n) is 10.4. The van der Waals surface area contributed by atoms with Gasteiger partial charge in [-0.25, -0.2) is 9.78 Å². The fourth-order valence-electron chi connectivity index (χ4n) is 3.59. The van der Waals surface area contributed by atoms with Gasteiger partial charge in [0, 0.05) is 25.0 Å². The van der Waals surface area contributed by atoms with E-state index in [0.29, 0.717) is 35.0 Å². The number of aryl methyl sites for hydroxylation is 2. The summed E-state index contributed by atoms with van der Waals surface area (Å²) >= 11 is 0. The number of esters is 1. The second-order valence-corrected chi connectivity index (χ2v) is 7.80. The first-order chi connectivity index (χ1) is 15.9. The van der Waals surface area contributed by atoms with Crippen LogP contribution in [0.5, 0.6) is 5.75 Å². The third kappa shape index (κ3) is 4.74. The number of imidazole rings is 1. The molecule has 0 bridgehead atoms. The Morgan fingerprint density at radius 3 is 2.61 bits per heavy atom. The molecule has 0 saturated heterocycles. The van der Waals surface area contributed by atoms with Gasteiger partial charge in [0.05, 0.1) is 19.3 Å². The quantitative estimate of drug-likeness (QED) is 0.395. The maximum atomic E-state index is 12.8. The molecule has 4 aromatic rings. The van der Waals surface area contributed by atoms with E-state index in [0.717, 1.165) is 16.9 Å². The number of carbonyl (C=O) groups is 2. The number of hydrogen-bond acceptors (Lipinski definition) is 6. The molecular formula is C25H25N3O5. The zero-order valence-corrected chi connectivity index (χ0v) is 19.0. The minimum absolute atomic E-state index is 0.175. The number of hydrogen-bond donors (Lipinski definition) is 0. The van der Waals surface area contributed by atoms with E-state index in [1.807, 2.05) is 35.9 Å². The number of aromatic nitrogens is 2. The van der Waals surface area contributed by atoms with Gasteiger partial charge >= 0.3 is 5.97 Å². The van der Waals surface area contributed by atoms with E-state index >= 15 is 0 Å². The van der Waals surface area contributed by atoms with Crippen LogP contribution in [-0.2, 0) is 17.9 Å². The monoisotopic (exact) mass is 447 g/mol. The fourth-order valence-corrected chi connectivity index (χ4v) is 3.59. The van der Waals surface area contributed by atoms with Crippen LogP contribution >= 0.6 is 0 Å². The van der Waals surface area contributed by atoms with Crippen LogP contribution in [0.3, 0.4) is 0 Å². The summed E-state index contributed by atoms with van der Waals surface area (Å²) in [5.41, 5.74) is 3.71. The SMILES string of the molecule is COC(=O)c1cc(CN(C)C(=O)c2ccc(OCc3cn4cccc(C)c4n3)cc2)oc1C. The van der Waals surface area contributed by atoms with Gasteiger partial charge in [0.25, 0.3) is 5.91 Å². The Bertz CT molecular complexity index is 1300. The van der Waals surface area contributed by atoms with Gasteiger partial charge in [-0.1, -0.05) is 6.07 Å². The van der Waals surface area contributed by atoms with Crippen LogP contribution in [0.15, 0.2) is 59.3 Å². The molecule has 0 aliphatic heterocycles. The number of ether oxygens (including phenoxy) is 2. The number of amides is 1. The minimum atomic E-state index is -0.467. The Labute approximate surface area is 191 Å². The number of benzene rings is 1. The van der Waals surface area contributed by atoms with Crippen LogP contribution in [0.4, 0.5) is 0 Å². The Hall–Kier alpha value is -4.07. The fraction of sp³-hybridized carbons (Fsp3) is 0.240. The summed E-state index contributed by atoms with van der Waals surface area (Å²) in [4.78, 5) is 30.7. The van der Waals surface area contributed by atoms with E-state index in [-0.39, 0.29) is 12.5 Å². The second-order valence-electron chi connectivity index (χ2n) is 7.80. The highest BCUT2D eigenvalue weighted by Crippen LogP contribution is 2.19. The van der Waals surface area contributed by atoms with E-state index in [4.69, 9.17) is 13.9 Å². The molecule has 0 radical (unpaired) electrons. The Balaban J connectivity index is 1.37. The molecule has 0 aliphatic carbocycles. The van der Waals surface area contributed by atoms with E-state index in [2.05, 4.69) is 4.98 Å². The maximum Gasteiger partial charge on any atom is 0.341 e. The average Bonchev–Trinajstić information content (AvgIpc) is 3.40. The van der Waals surface area contributed by atoms with Gasteiger partial charge in [-0.3, -0.25) is 4.79 Å². The average molecular weight is 447 g/mol. The highest BCUT2D eigenvalue weighted by molar-refractivity contribution is 5.94. The number of methoxy groups -OCH3 is 1. The van der Waals surface area contributed by atoms with Gasteiger partial charge in [0.15, 0.2) is 0 Å². The number of nitrogens with zero attached hydrogens (tertiary/aromatic N) is 3. The molecule has 0 spiro atoms. The summed E-state index contributed by atoms with van der Waals surface area (Å²) in [5.74, 6) is 0.968. The highest BCUT2D eigenvalue weighted by Gasteiger charge is 2.19. The van der Waals surface area contributed by atoms with Crippen molar-refractivity contribution in [2.45, 2.75) is 27.0 Å². The summed E-state index contributed by atoms with van der Waals surface area (Å²) in [6.07, 6.45) is 3.90. The third-order valence-corrected chi connectivity index (χ3v) is 5.33. The van der Waals surface area contributed by atoms with E-state index in [1.54, 1.807) is 44.3 Å². The summed E-state index contributed by atoms with van der Waals surface area (Å²) in [7, 11) is 2.99. The third-order valence-electron chi connectivity index (χ3n) is 5.33. The number of rotatable bonds is 7. The largest absolute Gasteiger partial charge is 0.487 e. The van der Waals surface area contributed by atoms with Gasteiger partial charge in [-0.2, -0.15) is 0 Å². The number of furan rings is 1. The molecule has 0 fully saturated rings. The van der Waals surface area contributed by atoms with Crippen molar-refractivity contribution in [3.05, 3.63) is 88.8 Å². The molecule has 0 saturated carbocycles. The van der Waals surface area contributed by atoms with Crippen molar-refractivity contribution in [2.75, 3.05) is 14.2 Å². The number of pyridine rings is 1. The standard InChI is InChI=1S/C25H25N3O5/c1-16-6-5-11-28-13-19(26-23(16)28)15-32-20-9-7-18(8-10-20)24(29)27(3)14-21-12-22(17(2)33-21)25(30)31-4/h5-13H,14-15H2,1-4H3. The predicted molar refractivity (Wildman–Crippen MR) is 121 cm³/mol. The molecular weight excluding hydrogens is 422 g/mol. The lowest BCUT2D eigenvalue weighted by Crippen LogP contribution is -2.25. The van der Waals surface area contributed by atoms with E-state index in [1.165, 1.54) is 12.0 Å². The van der Waals surface area contributed by atoms with Gasteiger partial charge in [-0.15, -0.1) is 0 Å². The van der Waals surface area contributed by atoms with Crippen LogP contribution in [-0.4, -0.2) is 40.3 Å². The number of carbonyl (C=O) groups excluding carboxylic acids is 2. The van der Waals surface area contributed by atoms with Crippen LogP contribution in [0.25, 0.3) is 5.65 Å². The first-order valence-corrected chi connectivity index (χ1v) is 10.4. The zero-order chi connectivity index (χ0) is 23.5. The predicted octanol–water partition coefficient (Wildman–Crippen LogP) is 4.18. The summed E-state index contributed by atoms with van der Waals surface area (Å²) in [6, 6.07) is 12.5. The Kier molecular flexibility index (Phi) is 6.17. The molecule has 0 N–H and O–H groups in total. The minimum Gasteiger partial charge on any atom is -0.487 e. The van der Waals surface area contributed by atoms with Gasteiger partial charge in [0.2, 0.25) is 0 Å². The summed E-state index contributed by atoms with van der Waals surface area (Å²) in [6.45, 7) is 4.26. The van der Waals surface area contributed by atoms with E-state index in [9.17, 15) is 9.59 Å². The molecule has 3 heterocycles. The van der Waals surface area contributed by atoms with E-state index < -0.39 is 5.97 Å². The molecule has 1 aromatic carbocycles. The Morgan fingerprint density at radius 2 is 1.91 bits per heavy atom. The first kappa shape index (κ1) is 22.1. The normalized spacial score (nSPS) is 10.9. The van der Waals surface area contributed by atoms with Gasteiger partial charge < -0.3 is 23.2 Å². The van der Waals surface area contributed by atoms with Crippen molar-refractivity contribution in [1.29, 1.82) is 0 Å². The van der Waals surface area contributed by atoms with Gasteiger partial charge in [-0.05, 0) is 55.8 Å². The molecule has 0 unspecified atom stereocenters. The molecule has 8 heteroatoms. The van der Waals surface area contributed by atoms with Crippen molar-refractivity contribution < 1.29 is 23.5 Å². The van der Waals surface area contributed by atoms with Crippen LogP contribution in [0.2, 0.25) is 0 Å². The lowest BCUT2D eigenvalue weighted by molar-refractivity contribution is 0.0598. The van der Waals surface area contributed by atoms with Crippen LogP contribution < -0.4 is 4.74 Å². The lowest BCUT2D eigenvalue weighted by Gasteiger charge is -2.16. The summed E-state index contributed by atoms with van der Waals surface area (Å²) < 4.78 is 18.1. The topological polar surface area (TPSA) is 86.3 Å². The number of fused-ring (bicyclic) bond motifs is 1. The van der Waals surface area contributed by atoms with Gasteiger partial charge in [0.1, 0.15) is 35.1 Å². The van der Waals surface area contributed by atoms with Crippen LogP contribution in [0, 0.1) is 13.8 Å². The van der Waals surface area contributed by atoms with Crippen LogP contribution in [0.1, 0.15) is 43.5 Å². The lowest BCUT2D eigenvalue weighted by atomic mass is 10.2. The van der Waals surface area contributed by atoms with Crippen molar-refractivity contribution in [3.63, 3.8) is 0 Å². The molecule has 8 nitrogen and oxygen atoms in total. The van der Waals surface area contributed by atoms with Crippen molar-refractivity contribution in [3.8, 4) is 5.75 Å². The second kappa shape index (κ2) is 9.20. The molecule has 3 aromatic heterocycles. The zero-order valence-electron chi connectivity index (χ0n) is 19.0. The maximum absolute atomic E-state index is 12.8. The molecule has 170 valence electrons. The van der Waals surface area contributed by atoms with Crippen molar-refractivity contribution >= 4 is 17.5 Å². The molecule has 0 aliphatic rings. The van der Waals surface area contributed by atoms with Crippen molar-refractivity contribution in [1.82, 2.24) is 14.3 Å². The molecule has 1 amide bonds. The Morgan fingerprint density at radius 1 is 1.15 bits per heavy atom. The molecule has 4 rings (SSSR count). The summed E-state index contributed by atoms with van der Waals surface area (Å²) in [5, 5.41) is 0. The molecule has 33 heavy (non-hydrogen) atoms.